The highest BCUT2D eigenvalue weighted by atomic mass is 32.1. The third-order valence-electron chi connectivity index (χ3n) is 6.13. The van der Waals surface area contributed by atoms with E-state index in [0.29, 0.717) is 6.54 Å². The molecule has 2 amide bonds. The molecule has 1 aliphatic heterocycles. The molecule has 3 aromatic rings. The topological polar surface area (TPSA) is 37.3 Å². The molecule has 1 aromatic carbocycles. The third-order valence-corrected chi connectivity index (χ3v) is 7.46. The van der Waals surface area contributed by atoms with Gasteiger partial charge in [0.2, 0.25) is 0 Å². The molecule has 0 saturated carbocycles. The zero-order valence-corrected chi connectivity index (χ0v) is 17.2. The van der Waals surface area contributed by atoms with Crippen molar-refractivity contribution in [2.24, 2.45) is 0 Å². The van der Waals surface area contributed by atoms with Gasteiger partial charge >= 0.3 is 6.03 Å². The van der Waals surface area contributed by atoms with E-state index in [0.717, 1.165) is 17.7 Å². The van der Waals surface area contributed by atoms with Crippen LogP contribution < -0.4 is 5.32 Å². The van der Waals surface area contributed by atoms with Crippen molar-refractivity contribution in [3.63, 3.8) is 0 Å². The Hall–Kier alpha value is -2.53. The summed E-state index contributed by atoms with van der Waals surface area (Å²) in [4.78, 5) is 16.8. The Bertz CT molecular complexity index is 1050. The van der Waals surface area contributed by atoms with Crippen LogP contribution >= 0.6 is 11.3 Å². The average Bonchev–Trinajstić information content (AvgIpc) is 3.29. The Morgan fingerprint density at radius 3 is 2.79 bits per heavy atom. The number of urea groups is 1. The second-order valence-corrected chi connectivity index (χ2v) is 8.93. The summed E-state index contributed by atoms with van der Waals surface area (Å²) < 4.78 is 2.31. The number of anilines is 1. The summed E-state index contributed by atoms with van der Waals surface area (Å²) in [7, 11) is 0. The molecule has 0 saturated heterocycles. The van der Waals surface area contributed by atoms with Gasteiger partial charge in [-0.15, -0.1) is 11.3 Å². The summed E-state index contributed by atoms with van der Waals surface area (Å²) in [6.07, 6.45) is 6.99. The number of hydrogen-bond acceptors (Lipinski definition) is 2. The quantitative estimate of drug-likeness (QED) is 0.556. The van der Waals surface area contributed by atoms with Crippen molar-refractivity contribution in [2.75, 3.05) is 5.32 Å². The smallest absolute Gasteiger partial charge is 0.312 e. The second-order valence-electron chi connectivity index (χ2n) is 7.85. The Kier molecular flexibility index (Phi) is 4.27. The van der Waals surface area contributed by atoms with Gasteiger partial charge in [-0.1, -0.05) is 18.2 Å². The lowest BCUT2D eigenvalue weighted by molar-refractivity contribution is 0.189. The molecule has 4 nitrogen and oxygen atoms in total. The van der Waals surface area contributed by atoms with Gasteiger partial charge in [-0.2, -0.15) is 0 Å². The number of aryl methyl sites for hydroxylation is 2. The highest BCUT2D eigenvalue weighted by molar-refractivity contribution is 7.15. The summed E-state index contributed by atoms with van der Waals surface area (Å²) in [5.74, 6) is 0. The van der Waals surface area contributed by atoms with Gasteiger partial charge < -0.3 is 14.8 Å². The number of nitrogens with zero attached hydrogens (tertiary/aromatic N) is 2. The minimum Gasteiger partial charge on any atom is -0.312 e. The Morgan fingerprint density at radius 2 is 1.93 bits per heavy atom. The van der Waals surface area contributed by atoms with Crippen LogP contribution in [0.4, 0.5) is 10.5 Å². The zero-order chi connectivity index (χ0) is 19.3. The van der Waals surface area contributed by atoms with E-state index in [1.807, 2.05) is 47.4 Å². The van der Waals surface area contributed by atoms with E-state index in [2.05, 4.69) is 35.1 Å². The summed E-state index contributed by atoms with van der Waals surface area (Å²) in [6.45, 7) is 4.83. The van der Waals surface area contributed by atoms with Crippen LogP contribution in [0.3, 0.4) is 0 Å². The molecule has 28 heavy (non-hydrogen) atoms. The SMILES string of the molecule is Cc1ccccc1NC(=O)N1Cc2c(sc3c2CCCC3)-n2cccc2[C@H]1C. The maximum Gasteiger partial charge on any atom is 0.322 e. The van der Waals surface area contributed by atoms with Crippen molar-refractivity contribution >= 4 is 23.1 Å². The normalized spacial score (nSPS) is 18.1. The first-order chi connectivity index (χ1) is 13.6. The molecular weight excluding hydrogens is 366 g/mol. The van der Waals surface area contributed by atoms with Crippen molar-refractivity contribution in [3.8, 4) is 5.00 Å². The fourth-order valence-electron chi connectivity index (χ4n) is 4.51. The fraction of sp³-hybridized carbons (Fsp3) is 0.348. The summed E-state index contributed by atoms with van der Waals surface area (Å²) in [5.41, 5.74) is 5.98. The van der Waals surface area contributed by atoms with Gasteiger partial charge in [0.25, 0.3) is 0 Å². The number of amides is 2. The van der Waals surface area contributed by atoms with Crippen LogP contribution in [0, 0.1) is 6.92 Å². The first-order valence-electron chi connectivity index (χ1n) is 10.1. The average molecular weight is 392 g/mol. The molecule has 1 atom stereocenters. The number of hydrogen-bond donors (Lipinski definition) is 1. The minimum atomic E-state index is -0.0295. The van der Waals surface area contributed by atoms with Crippen LogP contribution in [0.25, 0.3) is 5.00 Å². The van der Waals surface area contributed by atoms with E-state index in [4.69, 9.17) is 0 Å². The zero-order valence-electron chi connectivity index (χ0n) is 16.4. The van der Waals surface area contributed by atoms with Crippen LogP contribution in [0.2, 0.25) is 0 Å². The molecule has 5 heteroatoms. The standard InChI is InChI=1S/C23H25N3OS/c1-15-8-3-5-10-19(15)24-23(27)26-14-18-17-9-4-6-12-21(17)28-22(18)25-13-7-11-20(25)16(26)2/h3,5,7-8,10-11,13,16H,4,6,9,12,14H2,1-2H3,(H,24,27)/t16-/m1/s1. The predicted octanol–water partition coefficient (Wildman–Crippen LogP) is 5.83. The molecule has 3 heterocycles. The monoisotopic (exact) mass is 391 g/mol. The van der Waals surface area contributed by atoms with Gasteiger partial charge in [0, 0.05) is 28.0 Å². The maximum absolute atomic E-state index is 13.3. The van der Waals surface area contributed by atoms with Crippen molar-refractivity contribution in [1.29, 1.82) is 0 Å². The summed E-state index contributed by atoms with van der Waals surface area (Å²) in [5, 5.41) is 4.46. The summed E-state index contributed by atoms with van der Waals surface area (Å²) >= 11 is 1.93. The number of thiophene rings is 1. The third kappa shape index (κ3) is 2.76. The minimum absolute atomic E-state index is 0.0119. The molecule has 1 N–H and O–H groups in total. The van der Waals surface area contributed by atoms with Crippen molar-refractivity contribution in [2.45, 2.75) is 52.1 Å². The van der Waals surface area contributed by atoms with Crippen LogP contribution in [0.15, 0.2) is 42.6 Å². The molecule has 2 aromatic heterocycles. The first-order valence-corrected chi connectivity index (χ1v) is 10.9. The lowest BCUT2D eigenvalue weighted by Gasteiger charge is -2.28. The van der Waals surface area contributed by atoms with Crippen LogP contribution in [0.5, 0.6) is 0 Å². The molecule has 0 fully saturated rings. The van der Waals surface area contributed by atoms with E-state index in [1.54, 1.807) is 0 Å². The van der Waals surface area contributed by atoms with Gasteiger partial charge in [-0.25, -0.2) is 4.79 Å². The Balaban J connectivity index is 1.56. The van der Waals surface area contributed by atoms with Gasteiger partial charge in [0.15, 0.2) is 0 Å². The number of rotatable bonds is 1. The number of fused-ring (bicyclic) bond motifs is 5. The van der Waals surface area contributed by atoms with Gasteiger partial charge in [-0.05, 0) is 68.9 Å². The molecule has 144 valence electrons. The largest absolute Gasteiger partial charge is 0.322 e. The predicted molar refractivity (Wildman–Crippen MR) is 114 cm³/mol. The molecule has 0 spiro atoms. The molecule has 0 radical (unpaired) electrons. The van der Waals surface area contributed by atoms with Gasteiger partial charge in [0.1, 0.15) is 5.00 Å². The van der Waals surface area contributed by atoms with Crippen LogP contribution in [0.1, 0.15) is 53.1 Å². The van der Waals surface area contributed by atoms with E-state index < -0.39 is 0 Å². The van der Waals surface area contributed by atoms with Crippen molar-refractivity contribution in [1.82, 2.24) is 9.47 Å². The second kappa shape index (κ2) is 6.82. The molecule has 2 aliphatic rings. The van der Waals surface area contributed by atoms with E-state index in [1.165, 1.54) is 46.0 Å². The van der Waals surface area contributed by atoms with E-state index in [9.17, 15) is 4.79 Å². The number of carbonyl (C=O) groups excluding carboxylic acids is 1. The highest BCUT2D eigenvalue weighted by Gasteiger charge is 2.33. The van der Waals surface area contributed by atoms with Crippen molar-refractivity contribution < 1.29 is 4.79 Å². The van der Waals surface area contributed by atoms with Crippen LogP contribution in [-0.2, 0) is 19.4 Å². The molecule has 5 rings (SSSR count). The van der Waals surface area contributed by atoms with Gasteiger partial charge in [-0.3, -0.25) is 0 Å². The number of carbonyl (C=O) groups is 1. The maximum atomic E-state index is 13.3. The van der Waals surface area contributed by atoms with Gasteiger partial charge in [0.05, 0.1) is 12.6 Å². The lowest BCUT2D eigenvalue weighted by atomic mass is 9.95. The fourth-order valence-corrected chi connectivity index (χ4v) is 5.91. The highest BCUT2D eigenvalue weighted by Crippen LogP contribution is 2.42. The molecule has 0 bridgehead atoms. The van der Waals surface area contributed by atoms with E-state index in [-0.39, 0.29) is 12.1 Å². The molecular formula is C23H25N3OS. The van der Waals surface area contributed by atoms with E-state index >= 15 is 0 Å². The number of aromatic nitrogens is 1. The number of benzene rings is 1. The Labute approximate surface area is 169 Å². The van der Waals surface area contributed by atoms with Crippen LogP contribution in [-0.4, -0.2) is 15.5 Å². The number of para-hydroxylation sites is 1. The molecule has 1 aliphatic carbocycles. The molecule has 0 unspecified atom stereocenters. The van der Waals surface area contributed by atoms with Crippen molar-refractivity contribution in [3.05, 3.63) is 69.9 Å². The summed E-state index contributed by atoms with van der Waals surface area (Å²) in [6, 6.07) is 12.2. The number of nitrogens with one attached hydrogen (secondary N) is 1. The Morgan fingerprint density at radius 1 is 1.11 bits per heavy atom. The lowest BCUT2D eigenvalue weighted by Crippen LogP contribution is -2.36. The first kappa shape index (κ1) is 17.6.